The van der Waals surface area contributed by atoms with Crippen molar-refractivity contribution >= 4 is 41.0 Å². The summed E-state index contributed by atoms with van der Waals surface area (Å²) in [6, 6.07) is 4.83. The number of halogens is 2. The molecule has 0 aromatic heterocycles. The highest BCUT2D eigenvalue weighted by Crippen LogP contribution is 2.22. The molecule has 0 bridgehead atoms. The predicted octanol–water partition coefficient (Wildman–Crippen LogP) is 2.88. The Balaban J connectivity index is 1.75. The topological polar surface area (TPSA) is 72.9 Å². The number of piperidine rings is 1. The van der Waals surface area contributed by atoms with Crippen LogP contribution in [-0.2, 0) is 30.3 Å². The van der Waals surface area contributed by atoms with Crippen molar-refractivity contribution in [3.63, 3.8) is 0 Å². The molecule has 1 amide bonds. The molecule has 0 unspecified atom stereocenters. The summed E-state index contributed by atoms with van der Waals surface area (Å²) in [5.74, 6) is -1.20. The molecule has 1 aromatic rings. The van der Waals surface area contributed by atoms with Crippen molar-refractivity contribution in [1.29, 1.82) is 0 Å². The maximum absolute atomic E-state index is 12.2. The van der Waals surface area contributed by atoms with Gasteiger partial charge in [0.2, 0.25) is 0 Å². The Hall–Kier alpha value is -1.79. The molecule has 1 aliphatic rings. The van der Waals surface area contributed by atoms with Crippen molar-refractivity contribution in [3.8, 4) is 0 Å². The molecule has 8 heteroatoms. The van der Waals surface area contributed by atoms with Crippen LogP contribution in [0.2, 0.25) is 10.0 Å². The highest BCUT2D eigenvalue weighted by atomic mass is 35.5. The van der Waals surface area contributed by atoms with Crippen LogP contribution in [0.4, 0.5) is 0 Å². The molecule has 0 radical (unpaired) electrons. The molecule has 1 aromatic carbocycles. The number of nitrogens with zero attached hydrogens (tertiary/aromatic N) is 1. The monoisotopic (exact) mass is 401 g/mol. The Morgan fingerprint density at radius 2 is 1.85 bits per heavy atom. The second kappa shape index (κ2) is 9.78. The first kappa shape index (κ1) is 20.5. The van der Waals surface area contributed by atoms with E-state index < -0.39 is 5.97 Å². The van der Waals surface area contributed by atoms with Gasteiger partial charge in [0.1, 0.15) is 0 Å². The molecule has 0 aliphatic carbocycles. The summed E-state index contributed by atoms with van der Waals surface area (Å²) in [4.78, 5) is 37.4. The third-order valence-electron chi connectivity index (χ3n) is 4.17. The highest BCUT2D eigenvalue weighted by Gasteiger charge is 2.28. The zero-order valence-electron chi connectivity index (χ0n) is 14.5. The number of benzene rings is 1. The van der Waals surface area contributed by atoms with E-state index in [1.165, 1.54) is 0 Å². The molecule has 1 fully saturated rings. The minimum atomic E-state index is -0.538. The first-order valence-electron chi connectivity index (χ1n) is 8.44. The van der Waals surface area contributed by atoms with E-state index in [1.54, 1.807) is 30.0 Å². The second-order valence-electron chi connectivity index (χ2n) is 5.98. The maximum atomic E-state index is 12.2. The molecule has 1 saturated heterocycles. The number of carbonyl (C=O) groups is 3. The number of esters is 2. The third-order valence-corrected chi connectivity index (χ3v) is 4.76. The minimum Gasteiger partial charge on any atom is -0.466 e. The number of carbonyl (C=O) groups excluding carboxylic acids is 3. The van der Waals surface area contributed by atoms with Crippen LogP contribution in [0.15, 0.2) is 18.2 Å². The fraction of sp³-hybridized carbons (Fsp3) is 0.500. The van der Waals surface area contributed by atoms with E-state index in [-0.39, 0.29) is 30.8 Å². The number of hydrogen-bond acceptors (Lipinski definition) is 5. The van der Waals surface area contributed by atoms with Crippen molar-refractivity contribution in [3.05, 3.63) is 33.8 Å². The van der Waals surface area contributed by atoms with Gasteiger partial charge in [0.05, 0.1) is 18.9 Å². The SMILES string of the molecule is CCOC(=O)C1CCN(C(=O)COC(=O)Cc2ccc(Cl)cc2Cl)CC1. The molecular weight excluding hydrogens is 381 g/mol. The van der Waals surface area contributed by atoms with Crippen LogP contribution < -0.4 is 0 Å². The normalized spacial score (nSPS) is 14.8. The van der Waals surface area contributed by atoms with E-state index in [2.05, 4.69) is 0 Å². The van der Waals surface area contributed by atoms with Gasteiger partial charge in [0.25, 0.3) is 5.91 Å². The van der Waals surface area contributed by atoms with E-state index in [9.17, 15) is 14.4 Å². The molecule has 6 nitrogen and oxygen atoms in total. The molecule has 0 saturated carbocycles. The number of amides is 1. The highest BCUT2D eigenvalue weighted by molar-refractivity contribution is 6.35. The lowest BCUT2D eigenvalue weighted by molar-refractivity contribution is -0.154. The van der Waals surface area contributed by atoms with Crippen molar-refractivity contribution in [2.75, 3.05) is 26.3 Å². The molecule has 0 N–H and O–H groups in total. The summed E-state index contributed by atoms with van der Waals surface area (Å²) in [6.07, 6.45) is 1.08. The summed E-state index contributed by atoms with van der Waals surface area (Å²) in [5, 5.41) is 0.857. The molecule has 142 valence electrons. The lowest BCUT2D eigenvalue weighted by Crippen LogP contribution is -2.42. The number of hydrogen-bond donors (Lipinski definition) is 0. The summed E-state index contributed by atoms with van der Waals surface area (Å²) in [5.41, 5.74) is 0.587. The maximum Gasteiger partial charge on any atom is 0.310 e. The number of rotatable bonds is 6. The van der Waals surface area contributed by atoms with E-state index in [0.717, 1.165) is 0 Å². The first-order valence-corrected chi connectivity index (χ1v) is 9.20. The Morgan fingerprint density at radius 1 is 1.15 bits per heavy atom. The molecule has 2 rings (SSSR count). The quantitative estimate of drug-likeness (QED) is 0.685. The largest absolute Gasteiger partial charge is 0.466 e. The Kier molecular flexibility index (Phi) is 7.72. The van der Waals surface area contributed by atoms with Crippen LogP contribution in [0.25, 0.3) is 0 Å². The third kappa shape index (κ3) is 5.88. The van der Waals surface area contributed by atoms with Crippen molar-refractivity contribution < 1.29 is 23.9 Å². The van der Waals surface area contributed by atoms with Crippen molar-refractivity contribution in [2.45, 2.75) is 26.2 Å². The van der Waals surface area contributed by atoms with E-state index in [0.29, 0.717) is 48.1 Å². The molecule has 0 atom stereocenters. The Bertz CT molecular complexity index is 672. The van der Waals surface area contributed by atoms with Gasteiger partial charge in [-0.25, -0.2) is 0 Å². The Morgan fingerprint density at radius 3 is 2.46 bits per heavy atom. The predicted molar refractivity (Wildman–Crippen MR) is 97.1 cm³/mol. The second-order valence-corrected chi connectivity index (χ2v) is 6.82. The fourth-order valence-corrected chi connectivity index (χ4v) is 3.21. The van der Waals surface area contributed by atoms with Gasteiger partial charge in [-0.1, -0.05) is 29.3 Å². The van der Waals surface area contributed by atoms with Gasteiger partial charge in [-0.05, 0) is 37.5 Å². The standard InChI is InChI=1S/C18H21Cl2NO5/c1-2-25-18(24)12-5-7-21(8-6-12)16(22)11-26-17(23)9-13-3-4-14(19)10-15(13)20/h3-4,10,12H,2,5-9,11H2,1H3. The van der Waals surface area contributed by atoms with Crippen LogP contribution in [0.3, 0.4) is 0 Å². The Labute approximate surface area is 162 Å². The summed E-state index contributed by atoms with van der Waals surface area (Å²) < 4.78 is 10.0. The van der Waals surface area contributed by atoms with Crippen LogP contribution >= 0.6 is 23.2 Å². The van der Waals surface area contributed by atoms with Gasteiger partial charge < -0.3 is 14.4 Å². The van der Waals surface area contributed by atoms with E-state index in [4.69, 9.17) is 32.7 Å². The number of ether oxygens (including phenoxy) is 2. The number of likely N-dealkylation sites (tertiary alicyclic amines) is 1. The molecule has 0 spiro atoms. The lowest BCUT2D eigenvalue weighted by atomic mass is 9.97. The summed E-state index contributed by atoms with van der Waals surface area (Å²) in [7, 11) is 0. The van der Waals surface area contributed by atoms with Crippen molar-refractivity contribution in [1.82, 2.24) is 4.90 Å². The van der Waals surface area contributed by atoms with Gasteiger partial charge in [0.15, 0.2) is 6.61 Å². The van der Waals surface area contributed by atoms with Crippen molar-refractivity contribution in [2.24, 2.45) is 5.92 Å². The first-order chi connectivity index (χ1) is 12.4. The van der Waals surface area contributed by atoms with Gasteiger partial charge in [-0.3, -0.25) is 14.4 Å². The molecular formula is C18H21Cl2NO5. The zero-order valence-corrected chi connectivity index (χ0v) is 16.0. The summed E-state index contributed by atoms with van der Waals surface area (Å²) >= 11 is 11.8. The fourth-order valence-electron chi connectivity index (χ4n) is 2.73. The smallest absolute Gasteiger partial charge is 0.310 e. The van der Waals surface area contributed by atoms with Gasteiger partial charge in [-0.2, -0.15) is 0 Å². The van der Waals surface area contributed by atoms with E-state index >= 15 is 0 Å². The zero-order chi connectivity index (χ0) is 19.1. The van der Waals surface area contributed by atoms with E-state index in [1.807, 2.05) is 0 Å². The van der Waals surface area contributed by atoms with Crippen LogP contribution in [-0.4, -0.2) is 49.0 Å². The van der Waals surface area contributed by atoms with Gasteiger partial charge in [-0.15, -0.1) is 0 Å². The molecule has 26 heavy (non-hydrogen) atoms. The molecule has 1 heterocycles. The van der Waals surface area contributed by atoms with Crippen LogP contribution in [0, 0.1) is 5.92 Å². The average molecular weight is 402 g/mol. The van der Waals surface area contributed by atoms with Crippen LogP contribution in [0.5, 0.6) is 0 Å². The molecule has 1 aliphatic heterocycles. The average Bonchev–Trinajstić information content (AvgIpc) is 2.62. The van der Waals surface area contributed by atoms with Crippen LogP contribution in [0.1, 0.15) is 25.3 Å². The van der Waals surface area contributed by atoms with Gasteiger partial charge >= 0.3 is 11.9 Å². The minimum absolute atomic E-state index is 0.0335. The summed E-state index contributed by atoms with van der Waals surface area (Å²) in [6.45, 7) is 2.69. The lowest BCUT2D eigenvalue weighted by Gasteiger charge is -2.30. The van der Waals surface area contributed by atoms with Gasteiger partial charge in [0, 0.05) is 23.1 Å².